The highest BCUT2D eigenvalue weighted by Gasteiger charge is 2.43. The minimum absolute atomic E-state index is 0.0867. The zero-order valence-electron chi connectivity index (χ0n) is 70.0. The van der Waals surface area contributed by atoms with Gasteiger partial charge in [0.15, 0.2) is 6.29 Å². The van der Waals surface area contributed by atoms with Crippen molar-refractivity contribution in [2.75, 3.05) is 0 Å². The third kappa shape index (κ3) is 14.7. The van der Waals surface area contributed by atoms with E-state index >= 15 is 0 Å². The Morgan fingerprint density at radius 2 is 0.385 bits per heavy atom. The first-order chi connectivity index (χ1) is 64.1. The highest BCUT2D eigenvalue weighted by Crippen LogP contribution is 2.60. The minimum atomic E-state index is -1.35. The second-order valence-electron chi connectivity index (χ2n) is 34.3. The molecule has 16 aromatic rings. The fourth-order valence-electron chi connectivity index (χ4n) is 19.8. The molecule has 0 aromatic heterocycles. The van der Waals surface area contributed by atoms with Gasteiger partial charge in [-0.25, -0.2) is 0 Å². The molecule has 8 unspecified atom stereocenters. The Bertz CT molecular complexity index is 6590. The lowest BCUT2D eigenvalue weighted by atomic mass is 9.75. The second kappa shape index (κ2) is 31.8. The molecule has 0 amide bonds. The average Bonchev–Trinajstić information content (AvgIpc) is 0.724. The first kappa shape index (κ1) is 76.4. The Labute approximate surface area is 748 Å². The van der Waals surface area contributed by atoms with Gasteiger partial charge in [-0.1, -0.05) is 146 Å². The van der Waals surface area contributed by atoms with Crippen molar-refractivity contribution in [1.82, 2.24) is 0 Å². The van der Waals surface area contributed by atoms with Crippen LogP contribution in [0.3, 0.4) is 0 Å². The maximum Gasteiger partial charge on any atom is 0.267 e. The van der Waals surface area contributed by atoms with Gasteiger partial charge in [-0.05, 0) is 195 Å². The molecule has 0 spiro atoms. The third-order valence-corrected chi connectivity index (χ3v) is 25.8. The monoisotopic (exact) mass is 1710 g/mol. The van der Waals surface area contributed by atoms with Crippen molar-refractivity contribution in [3.8, 4) is 138 Å². The van der Waals surface area contributed by atoms with Gasteiger partial charge >= 0.3 is 0 Å². The van der Waals surface area contributed by atoms with E-state index in [2.05, 4.69) is 170 Å². The lowest BCUT2D eigenvalue weighted by Crippen LogP contribution is -2.26. The van der Waals surface area contributed by atoms with Crippen molar-refractivity contribution < 1.29 is 80.6 Å². The van der Waals surface area contributed by atoms with Crippen LogP contribution < -0.4 is 75.8 Å². The summed E-state index contributed by atoms with van der Waals surface area (Å²) >= 11 is 0. The molecule has 8 atom stereocenters. The highest BCUT2D eigenvalue weighted by molar-refractivity contribution is 5.84. The molecule has 25 rings (SSSR count). The average molecular weight is 1710 g/mol. The van der Waals surface area contributed by atoms with Crippen molar-refractivity contribution >= 4 is 6.29 Å². The first-order valence-electron chi connectivity index (χ1n) is 44.2. The number of ether oxygens (including phenoxy) is 16. The summed E-state index contributed by atoms with van der Waals surface area (Å²) in [6.45, 7) is 0. The molecule has 634 valence electrons. The molecule has 130 heavy (non-hydrogen) atoms. The number of hydrogen-bond acceptors (Lipinski definition) is 17. The van der Waals surface area contributed by atoms with Crippen molar-refractivity contribution in [2.24, 2.45) is 0 Å². The van der Waals surface area contributed by atoms with Crippen LogP contribution in [0.4, 0.5) is 0 Å². The van der Waals surface area contributed by atoms with Crippen molar-refractivity contribution in [1.29, 1.82) is 0 Å². The van der Waals surface area contributed by atoms with Crippen LogP contribution in [-0.2, 0) is 25.7 Å². The largest absolute Gasteiger partial charge is 0.457 e. The molecule has 0 radical (unpaired) electrons. The lowest BCUT2D eigenvalue weighted by molar-refractivity contribution is -0.0123. The molecule has 8 aliphatic heterocycles. The second-order valence-corrected chi connectivity index (χ2v) is 34.3. The number of benzene rings is 16. The Balaban J connectivity index is 0.869. The van der Waals surface area contributed by atoms with Crippen LogP contribution in [0, 0.1) is 0 Å². The van der Waals surface area contributed by atoms with Crippen molar-refractivity contribution in [2.45, 2.75) is 100 Å². The zero-order chi connectivity index (χ0) is 85.9. The Hall–Kier alpha value is -16.0. The van der Waals surface area contributed by atoms with E-state index in [1.165, 1.54) is 0 Å². The van der Waals surface area contributed by atoms with Crippen LogP contribution >= 0.6 is 0 Å². The first-order valence-corrected chi connectivity index (χ1v) is 44.2. The molecule has 1 aliphatic carbocycles. The van der Waals surface area contributed by atoms with E-state index < -0.39 is 48.8 Å². The molecule has 0 N–H and O–H groups in total. The van der Waals surface area contributed by atoms with Gasteiger partial charge in [-0.15, -0.1) is 0 Å². The molecule has 8 heterocycles. The van der Waals surface area contributed by atoms with Gasteiger partial charge < -0.3 is 75.8 Å². The van der Waals surface area contributed by atoms with Gasteiger partial charge in [0.05, 0.1) is 5.56 Å². The van der Waals surface area contributed by atoms with Crippen LogP contribution in [-0.4, -0.2) is 6.29 Å². The topological polar surface area (TPSA) is 165 Å². The minimum Gasteiger partial charge on any atom is -0.457 e. The molecule has 0 saturated carbocycles. The smallest absolute Gasteiger partial charge is 0.267 e. The van der Waals surface area contributed by atoms with Crippen LogP contribution in [0.15, 0.2) is 334 Å². The predicted octanol–water partition coefficient (Wildman–Crippen LogP) is 28.3. The van der Waals surface area contributed by atoms with E-state index in [-0.39, 0.29) is 28.6 Å². The normalized spacial score (nSPS) is 18.5. The number of aryl methyl sites for hydroxylation is 4. The van der Waals surface area contributed by atoms with Gasteiger partial charge in [-0.2, -0.15) is 0 Å². The lowest BCUT2D eigenvalue weighted by Gasteiger charge is -2.38. The summed E-state index contributed by atoms with van der Waals surface area (Å²) in [5, 5.41) is 0. The molecule has 40 bridgehead atoms. The standard InChI is InChI=1S/C113H80O17/c114-64-99-100-31-16-32-101(99)122-86-48-72-46-84(55-86)120-78-30-15-28-76(51-78)118-82-44-70-42-80(53-82)116-74-26-13-25-73(49-74)115-79-41-69-43-81(52-79)117-75-27-14-29-77(50-75)119-83-45-71(47-85(54-83)121-100)112-127-106-61-104-93-57-95(106)89(39-35-67-21-9-3-10-22-67)97-59-98-90(40-36-68-23-11-4-12-24-68)96-58-94-88(38-34-66-19-7-2-8-20-66)92-56-91(87(93)37-33-65-17-5-1-6-18-65)102(123-110(69)125-104)60-103(92)124-111(70)126-105(94)62-107(96)128-113(72)130-109(98)63-108(97)129-112/h1-32,41-64,87-90,110-113H,33-40H2. The summed E-state index contributed by atoms with van der Waals surface area (Å²) in [4.78, 5) is 14.3. The molecule has 17 nitrogen and oxygen atoms in total. The quantitative estimate of drug-likeness (QED) is 0.100. The number of aldehydes is 1. The molecule has 17 heteroatoms. The zero-order valence-corrected chi connectivity index (χ0v) is 70.0. The van der Waals surface area contributed by atoms with Gasteiger partial charge in [0.1, 0.15) is 138 Å². The number of fused-ring (bicyclic) bond motifs is 16. The van der Waals surface area contributed by atoms with Crippen LogP contribution in [0.1, 0.15) is 174 Å². The van der Waals surface area contributed by atoms with E-state index in [9.17, 15) is 4.79 Å². The summed E-state index contributed by atoms with van der Waals surface area (Å²) in [6, 6.07) is 110. The number of hydrogen-bond donors (Lipinski definition) is 0. The Morgan fingerprint density at radius 3 is 0.600 bits per heavy atom. The number of rotatable bonds is 13. The molecule has 0 fully saturated rings. The Kier molecular flexibility index (Phi) is 18.7. The third-order valence-electron chi connectivity index (χ3n) is 25.8. The maximum atomic E-state index is 14.3. The Morgan fingerprint density at radius 1 is 0.185 bits per heavy atom. The van der Waals surface area contributed by atoms with Gasteiger partial charge in [0, 0.05) is 157 Å². The van der Waals surface area contributed by atoms with Crippen LogP contribution in [0.25, 0.3) is 0 Å². The SMILES string of the molecule is O=Cc1c2cccc1Oc1cc3cc(c1)C1Oc4cc5c6cc4C(CCc4ccccc4)c4cc7c(cc4O1)OC1Oc4cc8c(cc4C7CCc4ccccc4)C(CCc4ccccc4)c4cc(c7cc4OC(O8)c4cc(cc(c4)Oc4cccc(c4)Oc4cc(cc1c4)O2)Oc1cccc(c1)Oc1cc(cc(c1)C(O7)O5)Oc1cccc(c1)O3)C6CCc1ccccc1. The molecule has 0 saturated heterocycles. The van der Waals surface area contributed by atoms with Gasteiger partial charge in [0.2, 0.25) is 0 Å². The fraction of sp³-hybridized carbons (Fsp3) is 0.142. The van der Waals surface area contributed by atoms with E-state index in [0.717, 1.165) is 73.0 Å². The number of carbonyl (C=O) groups excluding carboxylic acids is 1. The number of carbonyl (C=O) groups is 1. The van der Waals surface area contributed by atoms with Gasteiger partial charge in [0.25, 0.3) is 25.2 Å². The maximum absolute atomic E-state index is 14.3. The van der Waals surface area contributed by atoms with E-state index in [4.69, 9.17) is 75.8 Å². The predicted molar refractivity (Wildman–Crippen MR) is 486 cm³/mol. The molecule has 9 aliphatic rings. The van der Waals surface area contributed by atoms with Crippen molar-refractivity contribution in [3.05, 3.63) is 428 Å². The van der Waals surface area contributed by atoms with Crippen molar-refractivity contribution in [3.63, 3.8) is 0 Å². The summed E-state index contributed by atoms with van der Waals surface area (Å²) in [5.74, 6) is 7.06. The summed E-state index contributed by atoms with van der Waals surface area (Å²) in [6.07, 6.45) is 0.145. The van der Waals surface area contributed by atoms with E-state index in [1.807, 2.05) is 121 Å². The summed E-state index contributed by atoms with van der Waals surface area (Å²) in [7, 11) is 0. The van der Waals surface area contributed by atoms with Crippen LogP contribution in [0.5, 0.6) is 138 Å². The van der Waals surface area contributed by atoms with Gasteiger partial charge in [-0.3, -0.25) is 4.79 Å². The van der Waals surface area contributed by atoms with E-state index in [1.54, 1.807) is 42.5 Å². The summed E-state index contributed by atoms with van der Waals surface area (Å²) < 4.78 is 121. The molecule has 16 aromatic carbocycles. The highest BCUT2D eigenvalue weighted by atomic mass is 16.7. The fourth-order valence-corrected chi connectivity index (χ4v) is 19.8. The van der Waals surface area contributed by atoms with E-state index in [0.29, 0.717) is 189 Å². The molecular formula is C113H80O17. The van der Waals surface area contributed by atoms with Crippen LogP contribution in [0.2, 0.25) is 0 Å². The summed E-state index contributed by atoms with van der Waals surface area (Å²) in [5.41, 5.74) is 13.5. The molecular weight excluding hydrogens is 1630 g/mol.